The van der Waals surface area contributed by atoms with Gasteiger partial charge in [-0.1, -0.05) is 12.1 Å². The second kappa shape index (κ2) is 3.94. The van der Waals surface area contributed by atoms with Gasteiger partial charge in [-0.25, -0.2) is 0 Å². The Hall–Kier alpha value is -1.72. The van der Waals surface area contributed by atoms with Gasteiger partial charge in [0, 0.05) is 0 Å². The van der Waals surface area contributed by atoms with Crippen molar-refractivity contribution in [2.24, 2.45) is 0 Å². The van der Waals surface area contributed by atoms with Crippen LogP contribution in [0.3, 0.4) is 0 Å². The van der Waals surface area contributed by atoms with Crippen LogP contribution in [0.15, 0.2) is 24.3 Å². The van der Waals surface area contributed by atoms with E-state index in [0.717, 1.165) is 0 Å². The van der Waals surface area contributed by atoms with E-state index in [-0.39, 0.29) is 24.6 Å². The molecule has 5 heteroatoms. The summed E-state index contributed by atoms with van der Waals surface area (Å²) >= 11 is 0. The second-order valence-electron chi connectivity index (χ2n) is 4.04. The van der Waals surface area contributed by atoms with E-state index in [4.69, 9.17) is 9.47 Å². The SMILES string of the molecule is O=C1c2ccccc2C(=O)N1C1COCOC1. The van der Waals surface area contributed by atoms with Gasteiger partial charge in [0.1, 0.15) is 6.79 Å². The molecular formula is C12H11NO4. The summed E-state index contributed by atoms with van der Waals surface area (Å²) in [5.74, 6) is -0.519. The Morgan fingerprint density at radius 1 is 1.00 bits per heavy atom. The molecule has 0 N–H and O–H groups in total. The molecule has 88 valence electrons. The highest BCUT2D eigenvalue weighted by Gasteiger charge is 2.40. The molecule has 0 atom stereocenters. The number of hydrogen-bond donors (Lipinski definition) is 0. The molecule has 1 aromatic rings. The third-order valence-electron chi connectivity index (χ3n) is 2.98. The maximum absolute atomic E-state index is 12.1. The summed E-state index contributed by atoms with van der Waals surface area (Å²) in [5, 5.41) is 0. The maximum Gasteiger partial charge on any atom is 0.261 e. The average Bonchev–Trinajstić information content (AvgIpc) is 2.64. The Labute approximate surface area is 97.9 Å². The van der Waals surface area contributed by atoms with E-state index in [0.29, 0.717) is 24.3 Å². The van der Waals surface area contributed by atoms with Gasteiger partial charge in [-0.05, 0) is 12.1 Å². The third kappa shape index (κ3) is 1.55. The van der Waals surface area contributed by atoms with Gasteiger partial charge in [0.15, 0.2) is 0 Å². The van der Waals surface area contributed by atoms with E-state index < -0.39 is 0 Å². The van der Waals surface area contributed by atoms with E-state index in [1.807, 2.05) is 0 Å². The lowest BCUT2D eigenvalue weighted by Crippen LogP contribution is -2.47. The average molecular weight is 233 g/mol. The maximum atomic E-state index is 12.1. The number of nitrogens with zero attached hydrogens (tertiary/aromatic N) is 1. The minimum absolute atomic E-state index is 0.222. The Balaban J connectivity index is 1.94. The van der Waals surface area contributed by atoms with Crippen LogP contribution in [0.1, 0.15) is 20.7 Å². The summed E-state index contributed by atoms with van der Waals surface area (Å²) in [5.41, 5.74) is 0.922. The van der Waals surface area contributed by atoms with Gasteiger partial charge < -0.3 is 9.47 Å². The first-order chi connectivity index (χ1) is 8.29. The van der Waals surface area contributed by atoms with Crippen molar-refractivity contribution >= 4 is 11.8 Å². The van der Waals surface area contributed by atoms with Crippen molar-refractivity contribution in [2.45, 2.75) is 6.04 Å². The molecule has 3 rings (SSSR count). The van der Waals surface area contributed by atoms with E-state index >= 15 is 0 Å². The lowest BCUT2D eigenvalue weighted by Gasteiger charge is -2.29. The standard InChI is InChI=1S/C12H11NO4/c14-11-9-3-1-2-4-10(9)12(15)13(11)8-5-16-7-17-6-8/h1-4,8H,5-7H2. The molecule has 2 aliphatic rings. The summed E-state index contributed by atoms with van der Waals surface area (Å²) in [6, 6.07) is 6.51. The second-order valence-corrected chi connectivity index (χ2v) is 4.04. The number of rotatable bonds is 1. The lowest BCUT2D eigenvalue weighted by atomic mass is 10.1. The molecular weight excluding hydrogens is 222 g/mol. The third-order valence-corrected chi connectivity index (χ3v) is 2.98. The number of carbonyl (C=O) groups is 2. The fourth-order valence-corrected chi connectivity index (χ4v) is 2.16. The van der Waals surface area contributed by atoms with Crippen LogP contribution in [0.2, 0.25) is 0 Å². The molecule has 0 unspecified atom stereocenters. The normalized spacial score (nSPS) is 20.8. The topological polar surface area (TPSA) is 55.8 Å². The number of fused-ring (bicyclic) bond motifs is 1. The summed E-state index contributed by atoms with van der Waals surface area (Å²) in [7, 11) is 0. The minimum atomic E-state index is -0.323. The highest BCUT2D eigenvalue weighted by atomic mass is 16.7. The molecule has 0 saturated carbocycles. The molecule has 1 aromatic carbocycles. The summed E-state index contributed by atoms with van der Waals surface area (Å²) < 4.78 is 10.2. The molecule has 0 aliphatic carbocycles. The van der Waals surface area contributed by atoms with Gasteiger partial charge in [-0.2, -0.15) is 0 Å². The first kappa shape index (κ1) is 10.4. The minimum Gasteiger partial charge on any atom is -0.353 e. The van der Waals surface area contributed by atoms with Crippen molar-refractivity contribution in [3.8, 4) is 0 Å². The molecule has 1 fully saturated rings. The Morgan fingerprint density at radius 3 is 2.06 bits per heavy atom. The number of hydrogen-bond acceptors (Lipinski definition) is 4. The zero-order valence-corrected chi connectivity index (χ0v) is 9.09. The highest BCUT2D eigenvalue weighted by molar-refractivity contribution is 6.21. The predicted molar refractivity (Wildman–Crippen MR) is 57.5 cm³/mol. The Morgan fingerprint density at radius 2 is 1.53 bits per heavy atom. The predicted octanol–water partition coefficient (Wildman–Crippen LogP) is 0.655. The van der Waals surface area contributed by atoms with Crippen LogP contribution in [0.4, 0.5) is 0 Å². The summed E-state index contributed by atoms with van der Waals surface area (Å²) in [6.45, 7) is 0.899. The summed E-state index contributed by atoms with van der Waals surface area (Å²) in [6.07, 6.45) is 0. The number of ether oxygens (including phenoxy) is 2. The van der Waals surface area contributed by atoms with Crippen LogP contribution in [0, 0.1) is 0 Å². The van der Waals surface area contributed by atoms with Crippen molar-refractivity contribution in [3.63, 3.8) is 0 Å². The molecule has 5 nitrogen and oxygen atoms in total. The van der Waals surface area contributed by atoms with Crippen LogP contribution in [-0.2, 0) is 9.47 Å². The van der Waals surface area contributed by atoms with Crippen molar-refractivity contribution in [3.05, 3.63) is 35.4 Å². The zero-order valence-electron chi connectivity index (χ0n) is 9.09. The van der Waals surface area contributed by atoms with Gasteiger partial charge in [-0.3, -0.25) is 14.5 Å². The van der Waals surface area contributed by atoms with Gasteiger partial charge in [0.25, 0.3) is 11.8 Å². The Bertz CT molecular complexity index is 444. The van der Waals surface area contributed by atoms with Crippen LogP contribution >= 0.6 is 0 Å². The van der Waals surface area contributed by atoms with Crippen LogP contribution in [0.5, 0.6) is 0 Å². The molecule has 2 amide bonds. The zero-order chi connectivity index (χ0) is 11.8. The number of carbonyl (C=O) groups excluding carboxylic acids is 2. The van der Waals surface area contributed by atoms with Crippen LogP contribution in [-0.4, -0.2) is 42.8 Å². The van der Waals surface area contributed by atoms with E-state index in [2.05, 4.69) is 0 Å². The largest absolute Gasteiger partial charge is 0.353 e. The lowest BCUT2D eigenvalue weighted by molar-refractivity contribution is -0.124. The first-order valence-electron chi connectivity index (χ1n) is 5.41. The monoisotopic (exact) mass is 233 g/mol. The number of amides is 2. The van der Waals surface area contributed by atoms with E-state index in [1.165, 1.54) is 4.90 Å². The van der Waals surface area contributed by atoms with Crippen molar-refractivity contribution in [2.75, 3.05) is 20.0 Å². The molecule has 0 spiro atoms. The molecule has 2 aliphatic heterocycles. The molecule has 0 radical (unpaired) electrons. The molecule has 2 heterocycles. The van der Waals surface area contributed by atoms with Crippen LogP contribution < -0.4 is 0 Å². The number of benzene rings is 1. The van der Waals surface area contributed by atoms with Crippen LogP contribution in [0.25, 0.3) is 0 Å². The Kier molecular flexibility index (Phi) is 2.42. The van der Waals surface area contributed by atoms with Crippen molar-refractivity contribution in [1.82, 2.24) is 4.90 Å². The summed E-state index contributed by atoms with van der Waals surface area (Å²) in [4.78, 5) is 25.4. The number of imide groups is 1. The quantitative estimate of drug-likeness (QED) is 0.668. The van der Waals surface area contributed by atoms with E-state index in [1.54, 1.807) is 24.3 Å². The molecule has 0 aromatic heterocycles. The molecule has 1 saturated heterocycles. The van der Waals surface area contributed by atoms with Gasteiger partial charge in [0.2, 0.25) is 0 Å². The fraction of sp³-hybridized carbons (Fsp3) is 0.333. The fourth-order valence-electron chi connectivity index (χ4n) is 2.16. The van der Waals surface area contributed by atoms with E-state index in [9.17, 15) is 9.59 Å². The first-order valence-corrected chi connectivity index (χ1v) is 5.41. The van der Waals surface area contributed by atoms with Gasteiger partial charge in [0.05, 0.1) is 30.4 Å². The van der Waals surface area contributed by atoms with Crippen molar-refractivity contribution < 1.29 is 19.1 Å². The highest BCUT2D eigenvalue weighted by Crippen LogP contribution is 2.25. The smallest absolute Gasteiger partial charge is 0.261 e. The van der Waals surface area contributed by atoms with Gasteiger partial charge >= 0.3 is 0 Å². The van der Waals surface area contributed by atoms with Crippen molar-refractivity contribution in [1.29, 1.82) is 0 Å². The van der Waals surface area contributed by atoms with Gasteiger partial charge in [-0.15, -0.1) is 0 Å². The molecule has 0 bridgehead atoms. The molecule has 17 heavy (non-hydrogen) atoms.